The van der Waals surface area contributed by atoms with Crippen molar-refractivity contribution in [3.8, 4) is 0 Å². The fraction of sp³-hybridized carbons (Fsp3) is 0.750. The van der Waals surface area contributed by atoms with Crippen molar-refractivity contribution in [1.29, 1.82) is 0 Å². The van der Waals surface area contributed by atoms with Crippen molar-refractivity contribution >= 4 is 34.2 Å². The maximum absolute atomic E-state index is 12.0. The zero-order chi connectivity index (χ0) is 15.5. The van der Waals surface area contributed by atoms with E-state index < -0.39 is 24.0 Å². The van der Waals surface area contributed by atoms with Crippen LogP contribution in [0.4, 0.5) is 4.79 Å². The summed E-state index contributed by atoms with van der Waals surface area (Å²) in [6, 6.07) is -0.917. The van der Waals surface area contributed by atoms with E-state index in [2.05, 4.69) is 15.9 Å². The number of nitrogens with zero attached hydrogens (tertiary/aromatic N) is 2. The van der Waals surface area contributed by atoms with Crippen molar-refractivity contribution in [3.63, 3.8) is 0 Å². The summed E-state index contributed by atoms with van der Waals surface area (Å²) in [7, 11) is 1.55. The molecule has 1 N–H and O–H groups in total. The van der Waals surface area contributed by atoms with Crippen LogP contribution in [0.25, 0.3) is 0 Å². The normalized spacial score (nSPS) is 21.6. The van der Waals surface area contributed by atoms with Gasteiger partial charge in [-0.2, -0.15) is 0 Å². The summed E-state index contributed by atoms with van der Waals surface area (Å²) in [6.45, 7) is 2.89. The number of amides is 3. The topological polar surface area (TPSA) is 87.2 Å². The molecule has 2 atom stereocenters. The second-order valence-electron chi connectivity index (χ2n) is 5.08. The van der Waals surface area contributed by atoms with Gasteiger partial charge in [-0.15, -0.1) is 0 Å². The Balaban J connectivity index is 2.62. The molecule has 1 aliphatic heterocycles. The van der Waals surface area contributed by atoms with Crippen molar-refractivity contribution in [1.82, 2.24) is 9.80 Å². The van der Waals surface area contributed by atoms with Crippen LogP contribution in [0.1, 0.15) is 20.3 Å². The zero-order valence-electron chi connectivity index (χ0n) is 11.7. The molecular weight excluding hydrogens is 332 g/mol. The number of aliphatic hydroxyl groups is 1. The number of hydrogen-bond donors (Lipinski definition) is 1. The van der Waals surface area contributed by atoms with Crippen LogP contribution in [0, 0.1) is 0 Å². The molecule has 0 spiro atoms. The van der Waals surface area contributed by atoms with E-state index in [-0.39, 0.29) is 18.9 Å². The zero-order valence-corrected chi connectivity index (χ0v) is 13.3. The van der Waals surface area contributed by atoms with E-state index in [0.29, 0.717) is 11.6 Å². The third kappa shape index (κ3) is 4.00. The highest BCUT2D eigenvalue weighted by Crippen LogP contribution is 2.19. The molecule has 7 nitrogen and oxygen atoms in total. The summed E-state index contributed by atoms with van der Waals surface area (Å²) in [6.07, 6.45) is -0.174. The highest BCUT2D eigenvalue weighted by Gasteiger charge is 2.42. The van der Waals surface area contributed by atoms with Gasteiger partial charge in [0.15, 0.2) is 5.79 Å². The number of rotatable bonds is 7. The third-order valence-electron chi connectivity index (χ3n) is 2.93. The van der Waals surface area contributed by atoms with Crippen molar-refractivity contribution in [2.24, 2.45) is 0 Å². The van der Waals surface area contributed by atoms with Gasteiger partial charge >= 0.3 is 6.03 Å². The first-order chi connectivity index (χ1) is 9.21. The first-order valence-electron chi connectivity index (χ1n) is 6.21. The van der Waals surface area contributed by atoms with Gasteiger partial charge in [0.2, 0.25) is 0 Å². The number of imide groups is 1. The van der Waals surface area contributed by atoms with Gasteiger partial charge < -0.3 is 19.5 Å². The van der Waals surface area contributed by atoms with E-state index in [1.807, 2.05) is 0 Å². The van der Waals surface area contributed by atoms with E-state index in [1.165, 1.54) is 18.7 Å². The smallest absolute Gasteiger partial charge is 0.327 e. The maximum Gasteiger partial charge on any atom is 0.327 e. The Morgan fingerprint density at radius 3 is 2.50 bits per heavy atom. The van der Waals surface area contributed by atoms with E-state index in [0.717, 1.165) is 4.90 Å². The first kappa shape index (κ1) is 17.1. The van der Waals surface area contributed by atoms with Gasteiger partial charge in [-0.1, -0.05) is 15.9 Å². The van der Waals surface area contributed by atoms with Crippen molar-refractivity contribution in [2.75, 3.05) is 18.9 Å². The Morgan fingerprint density at radius 2 is 2.10 bits per heavy atom. The molecule has 0 aliphatic carbocycles. The lowest BCUT2D eigenvalue weighted by Gasteiger charge is -2.24. The van der Waals surface area contributed by atoms with Crippen LogP contribution in [-0.2, 0) is 14.3 Å². The lowest BCUT2D eigenvalue weighted by Crippen LogP contribution is -2.37. The molecule has 114 valence electrons. The molecule has 1 heterocycles. The molecule has 1 aliphatic rings. The molecule has 0 unspecified atom stereocenters. The second kappa shape index (κ2) is 6.64. The number of ether oxygens (including phenoxy) is 1. The van der Waals surface area contributed by atoms with Crippen molar-refractivity contribution in [3.05, 3.63) is 0 Å². The van der Waals surface area contributed by atoms with Gasteiger partial charge in [-0.05, 0) is 20.3 Å². The number of carbonyl (C=O) groups excluding carboxylic acids is 3. The second-order valence-corrected chi connectivity index (χ2v) is 5.73. The fourth-order valence-electron chi connectivity index (χ4n) is 1.92. The van der Waals surface area contributed by atoms with Gasteiger partial charge in [0.1, 0.15) is 18.4 Å². The number of aldehydes is 1. The van der Waals surface area contributed by atoms with Gasteiger partial charge in [0.25, 0.3) is 5.91 Å². The average molecular weight is 351 g/mol. The quantitative estimate of drug-likeness (QED) is 0.310. The largest absolute Gasteiger partial charge is 0.366 e. The molecule has 1 saturated heterocycles. The van der Waals surface area contributed by atoms with Crippen LogP contribution in [0.2, 0.25) is 0 Å². The summed E-state index contributed by atoms with van der Waals surface area (Å²) >= 11 is 3.19. The van der Waals surface area contributed by atoms with Crippen LogP contribution in [-0.4, -0.2) is 70.0 Å². The third-order valence-corrected chi connectivity index (χ3v) is 3.54. The molecule has 3 amide bonds. The van der Waals surface area contributed by atoms with Crippen LogP contribution in [0.15, 0.2) is 0 Å². The van der Waals surface area contributed by atoms with Gasteiger partial charge in [-0.3, -0.25) is 9.69 Å². The summed E-state index contributed by atoms with van der Waals surface area (Å²) in [4.78, 5) is 37.2. The summed E-state index contributed by atoms with van der Waals surface area (Å²) in [5, 5.41) is 9.86. The number of alkyl halides is 1. The van der Waals surface area contributed by atoms with E-state index in [1.54, 1.807) is 7.05 Å². The molecule has 0 aromatic rings. The fourth-order valence-corrected chi connectivity index (χ4v) is 2.63. The molecule has 0 radical (unpaired) electrons. The summed E-state index contributed by atoms with van der Waals surface area (Å²) in [5.74, 6) is -1.75. The maximum atomic E-state index is 12.0. The molecule has 0 saturated carbocycles. The first-order valence-corrected chi connectivity index (χ1v) is 7.33. The summed E-state index contributed by atoms with van der Waals surface area (Å²) < 4.78 is 5.11. The highest BCUT2D eigenvalue weighted by molar-refractivity contribution is 9.09. The van der Waals surface area contributed by atoms with Gasteiger partial charge in [-0.25, -0.2) is 4.79 Å². The molecule has 0 aromatic carbocycles. The van der Waals surface area contributed by atoms with Crippen LogP contribution >= 0.6 is 15.9 Å². The predicted molar refractivity (Wildman–Crippen MR) is 74.3 cm³/mol. The molecular formula is C12H19BrN2O5. The predicted octanol–water partition coefficient (Wildman–Crippen LogP) is 0.347. The van der Waals surface area contributed by atoms with Crippen LogP contribution in [0.3, 0.4) is 0 Å². The minimum atomic E-state index is -1.44. The van der Waals surface area contributed by atoms with Crippen LogP contribution in [0.5, 0.6) is 0 Å². The van der Waals surface area contributed by atoms with Crippen molar-refractivity contribution < 1.29 is 24.2 Å². The molecule has 0 bridgehead atoms. The minimum absolute atomic E-state index is 0.0744. The van der Waals surface area contributed by atoms with E-state index in [9.17, 15) is 19.5 Å². The molecule has 0 aromatic heterocycles. The summed E-state index contributed by atoms with van der Waals surface area (Å²) in [5.41, 5.74) is 0. The number of carbonyl (C=O) groups is 3. The average Bonchev–Trinajstić information content (AvgIpc) is 2.55. The lowest BCUT2D eigenvalue weighted by molar-refractivity contribution is -0.202. The SMILES string of the molecule is CN1C(=O)N(CC[C@@H](C=O)OC(C)(C)O)C(=O)[C@H]1CBr. The Bertz CT molecular complexity index is 396. The number of halogens is 1. The lowest BCUT2D eigenvalue weighted by atomic mass is 10.2. The monoisotopic (exact) mass is 350 g/mol. The highest BCUT2D eigenvalue weighted by atomic mass is 79.9. The van der Waals surface area contributed by atoms with E-state index in [4.69, 9.17) is 4.74 Å². The number of urea groups is 1. The standard InChI is InChI=1S/C12H19BrN2O5/c1-12(2,19)20-8(7-16)4-5-15-10(17)9(6-13)14(3)11(15)18/h7-9,19H,4-6H2,1-3H3/t8-,9+/m0/s1. The Kier molecular flexibility index (Phi) is 5.67. The van der Waals surface area contributed by atoms with E-state index >= 15 is 0 Å². The Labute approximate surface area is 126 Å². The number of likely N-dealkylation sites (N-methyl/N-ethyl adjacent to an activating group) is 1. The van der Waals surface area contributed by atoms with Crippen LogP contribution < -0.4 is 0 Å². The molecule has 20 heavy (non-hydrogen) atoms. The minimum Gasteiger partial charge on any atom is -0.366 e. The molecule has 1 rings (SSSR count). The number of hydrogen-bond acceptors (Lipinski definition) is 5. The van der Waals surface area contributed by atoms with Gasteiger partial charge in [0.05, 0.1) is 0 Å². The molecule has 8 heteroatoms. The Hall–Kier alpha value is -0.990. The molecule has 1 fully saturated rings. The van der Waals surface area contributed by atoms with Gasteiger partial charge in [0, 0.05) is 18.9 Å². The Morgan fingerprint density at radius 1 is 1.50 bits per heavy atom. The van der Waals surface area contributed by atoms with Crippen molar-refractivity contribution in [2.45, 2.75) is 38.2 Å².